The van der Waals surface area contributed by atoms with E-state index in [2.05, 4.69) is 32.6 Å². The van der Waals surface area contributed by atoms with Crippen LogP contribution in [0.25, 0.3) is 5.00 Å². The second kappa shape index (κ2) is 7.95. The maximum absolute atomic E-state index is 12.5. The highest BCUT2D eigenvalue weighted by atomic mass is 32.1. The first-order valence-corrected chi connectivity index (χ1v) is 9.89. The molecule has 2 aromatic heterocycles. The zero-order valence-corrected chi connectivity index (χ0v) is 16.3. The molecule has 0 spiro atoms. The van der Waals surface area contributed by atoms with Gasteiger partial charge in [0, 0.05) is 26.2 Å². The molecule has 1 aromatic carbocycles. The van der Waals surface area contributed by atoms with Gasteiger partial charge in [-0.25, -0.2) is 4.79 Å². The zero-order valence-electron chi connectivity index (χ0n) is 15.5. The van der Waals surface area contributed by atoms with E-state index in [1.807, 2.05) is 35.7 Å². The summed E-state index contributed by atoms with van der Waals surface area (Å²) < 4.78 is 2.25. The fourth-order valence-corrected chi connectivity index (χ4v) is 3.80. The van der Waals surface area contributed by atoms with Gasteiger partial charge in [-0.05, 0) is 47.1 Å². The predicted molar refractivity (Wildman–Crippen MR) is 108 cm³/mol. The van der Waals surface area contributed by atoms with Gasteiger partial charge in [-0.3, -0.25) is 4.79 Å². The first kappa shape index (κ1) is 18.4. The topological polar surface area (TPSA) is 88.3 Å². The number of likely N-dealkylation sites (N-methyl/N-ethyl adjacent to an activating group) is 1. The van der Waals surface area contributed by atoms with Crippen LogP contribution in [0.15, 0.2) is 46.6 Å². The largest absolute Gasteiger partial charge is 0.369 e. The summed E-state index contributed by atoms with van der Waals surface area (Å²) in [5, 5.41) is 13.1. The number of thiophene rings is 1. The van der Waals surface area contributed by atoms with Gasteiger partial charge in [-0.2, -0.15) is 9.36 Å². The van der Waals surface area contributed by atoms with Gasteiger partial charge in [0.15, 0.2) is 0 Å². The first-order chi connectivity index (χ1) is 13.6. The molecule has 1 fully saturated rings. The molecule has 1 aliphatic heterocycles. The lowest BCUT2D eigenvalue weighted by molar-refractivity contribution is -0.117. The Kier molecular flexibility index (Phi) is 5.22. The fraction of sp³-hybridized carbons (Fsp3) is 0.333. The van der Waals surface area contributed by atoms with Crippen molar-refractivity contribution in [3.8, 4) is 5.00 Å². The standard InChI is InChI=1S/C18H21N7O2S/c1-22-8-10-23(11-9-22)15-6-3-2-5-14(15)19-16(26)13-24-18(27)25(21-20-24)17-7-4-12-28-17/h2-7,12H,8-11,13H2,1H3,(H,19,26). The van der Waals surface area contributed by atoms with Crippen molar-refractivity contribution in [2.45, 2.75) is 6.54 Å². The van der Waals surface area contributed by atoms with Crippen LogP contribution in [0.5, 0.6) is 0 Å². The Labute approximate surface area is 165 Å². The molecule has 3 heterocycles. The fourth-order valence-electron chi connectivity index (χ4n) is 3.13. The lowest BCUT2D eigenvalue weighted by Gasteiger charge is -2.35. The van der Waals surface area contributed by atoms with Gasteiger partial charge in [0.05, 0.1) is 11.4 Å². The Morgan fingerprint density at radius 2 is 1.89 bits per heavy atom. The molecule has 1 N–H and O–H groups in total. The smallest absolute Gasteiger partial charge is 0.367 e. The van der Waals surface area contributed by atoms with Crippen molar-refractivity contribution in [1.82, 2.24) is 24.7 Å². The second-order valence-corrected chi connectivity index (χ2v) is 7.56. The molecule has 9 nitrogen and oxygen atoms in total. The summed E-state index contributed by atoms with van der Waals surface area (Å²) in [5.74, 6) is -0.318. The van der Waals surface area contributed by atoms with Crippen LogP contribution in [0.2, 0.25) is 0 Å². The SMILES string of the molecule is CN1CCN(c2ccccc2NC(=O)Cn2nnn(-c3cccs3)c2=O)CC1. The van der Waals surface area contributed by atoms with Crippen molar-refractivity contribution >= 4 is 28.6 Å². The summed E-state index contributed by atoms with van der Waals surface area (Å²) >= 11 is 1.38. The van der Waals surface area contributed by atoms with Crippen molar-refractivity contribution < 1.29 is 4.79 Å². The van der Waals surface area contributed by atoms with E-state index in [0.717, 1.165) is 42.2 Å². The Hall–Kier alpha value is -2.98. The molecule has 1 aliphatic rings. The number of rotatable bonds is 5. The second-order valence-electron chi connectivity index (χ2n) is 6.64. The molecule has 0 atom stereocenters. The molecule has 1 saturated heterocycles. The van der Waals surface area contributed by atoms with E-state index in [1.165, 1.54) is 16.0 Å². The predicted octanol–water partition coefficient (Wildman–Crippen LogP) is 0.881. The minimum absolute atomic E-state index is 0.193. The minimum Gasteiger partial charge on any atom is -0.367 e. The molecule has 0 saturated carbocycles. The molecule has 146 valence electrons. The third kappa shape index (κ3) is 3.82. The van der Waals surface area contributed by atoms with Gasteiger partial charge >= 0.3 is 5.69 Å². The highest BCUT2D eigenvalue weighted by molar-refractivity contribution is 7.12. The van der Waals surface area contributed by atoms with E-state index in [1.54, 1.807) is 6.07 Å². The first-order valence-electron chi connectivity index (χ1n) is 9.01. The van der Waals surface area contributed by atoms with Crippen LogP contribution in [0, 0.1) is 0 Å². The van der Waals surface area contributed by atoms with E-state index in [-0.39, 0.29) is 12.5 Å². The number of piperazine rings is 1. The van der Waals surface area contributed by atoms with Crippen LogP contribution in [-0.2, 0) is 11.3 Å². The Morgan fingerprint density at radius 1 is 1.11 bits per heavy atom. The van der Waals surface area contributed by atoms with Crippen LogP contribution < -0.4 is 15.9 Å². The summed E-state index contributed by atoms with van der Waals surface area (Å²) in [6.07, 6.45) is 0. The van der Waals surface area contributed by atoms with Gasteiger partial charge in [-0.1, -0.05) is 12.1 Å². The molecule has 10 heteroatoms. The number of nitrogens with zero attached hydrogens (tertiary/aromatic N) is 6. The molecule has 0 radical (unpaired) electrons. The zero-order chi connectivity index (χ0) is 19.5. The number of nitrogens with one attached hydrogen (secondary N) is 1. The number of tetrazole rings is 1. The van der Waals surface area contributed by atoms with Crippen molar-refractivity contribution in [2.75, 3.05) is 43.4 Å². The summed E-state index contributed by atoms with van der Waals surface area (Å²) in [7, 11) is 2.10. The average Bonchev–Trinajstić information content (AvgIpc) is 3.34. The number of hydrogen-bond acceptors (Lipinski definition) is 7. The molecule has 0 aliphatic carbocycles. The molecule has 28 heavy (non-hydrogen) atoms. The maximum atomic E-state index is 12.5. The van der Waals surface area contributed by atoms with Crippen LogP contribution >= 0.6 is 11.3 Å². The number of carbonyl (C=O) groups is 1. The number of carbonyl (C=O) groups excluding carboxylic acids is 1. The Balaban J connectivity index is 1.47. The van der Waals surface area contributed by atoms with Crippen LogP contribution in [-0.4, -0.2) is 63.8 Å². The average molecular weight is 399 g/mol. The monoisotopic (exact) mass is 399 g/mol. The highest BCUT2D eigenvalue weighted by Crippen LogP contribution is 2.26. The van der Waals surface area contributed by atoms with Crippen molar-refractivity contribution in [1.29, 1.82) is 0 Å². The van der Waals surface area contributed by atoms with Crippen LogP contribution in [0.4, 0.5) is 11.4 Å². The molecular formula is C18H21N7O2S. The van der Waals surface area contributed by atoms with Crippen molar-refractivity contribution in [3.05, 3.63) is 52.3 Å². The number of para-hydroxylation sites is 2. The number of amides is 1. The van der Waals surface area contributed by atoms with E-state index in [4.69, 9.17) is 0 Å². The van der Waals surface area contributed by atoms with Gasteiger partial charge in [-0.15, -0.1) is 11.3 Å². The molecule has 4 rings (SSSR count). The minimum atomic E-state index is -0.440. The highest BCUT2D eigenvalue weighted by Gasteiger charge is 2.18. The number of benzene rings is 1. The number of aromatic nitrogens is 4. The third-order valence-corrected chi connectivity index (χ3v) is 5.51. The molecular weight excluding hydrogens is 378 g/mol. The Morgan fingerprint density at radius 3 is 2.64 bits per heavy atom. The normalized spacial score (nSPS) is 15.0. The number of anilines is 2. The van der Waals surface area contributed by atoms with E-state index in [9.17, 15) is 9.59 Å². The summed E-state index contributed by atoms with van der Waals surface area (Å²) in [6, 6.07) is 11.3. The lowest BCUT2D eigenvalue weighted by atomic mass is 10.2. The van der Waals surface area contributed by atoms with Gasteiger partial charge in [0.1, 0.15) is 11.5 Å². The van der Waals surface area contributed by atoms with Gasteiger partial charge in [0.25, 0.3) is 0 Å². The van der Waals surface area contributed by atoms with E-state index in [0.29, 0.717) is 5.00 Å². The van der Waals surface area contributed by atoms with E-state index >= 15 is 0 Å². The van der Waals surface area contributed by atoms with Gasteiger partial charge < -0.3 is 15.1 Å². The quantitative estimate of drug-likeness (QED) is 0.685. The summed E-state index contributed by atoms with van der Waals surface area (Å²) in [6.45, 7) is 3.56. The van der Waals surface area contributed by atoms with Gasteiger partial charge in [0.2, 0.25) is 5.91 Å². The molecule has 1 amide bonds. The van der Waals surface area contributed by atoms with Crippen LogP contribution in [0.3, 0.4) is 0 Å². The van der Waals surface area contributed by atoms with E-state index < -0.39 is 5.69 Å². The lowest BCUT2D eigenvalue weighted by Crippen LogP contribution is -2.44. The summed E-state index contributed by atoms with van der Waals surface area (Å²) in [5.41, 5.74) is 1.28. The summed E-state index contributed by atoms with van der Waals surface area (Å²) in [4.78, 5) is 29.5. The molecule has 0 unspecified atom stereocenters. The number of hydrogen-bond donors (Lipinski definition) is 1. The molecule has 0 bridgehead atoms. The van der Waals surface area contributed by atoms with Crippen molar-refractivity contribution in [3.63, 3.8) is 0 Å². The van der Waals surface area contributed by atoms with Crippen LogP contribution in [0.1, 0.15) is 0 Å². The molecule has 3 aromatic rings. The third-order valence-electron chi connectivity index (χ3n) is 4.67. The maximum Gasteiger partial charge on any atom is 0.369 e. The Bertz CT molecular complexity index is 1000. The van der Waals surface area contributed by atoms with Crippen molar-refractivity contribution in [2.24, 2.45) is 0 Å².